The fraction of sp³-hybridized carbons (Fsp3) is 0.611. The van der Waals surface area contributed by atoms with Gasteiger partial charge in [-0.2, -0.15) is 0 Å². The van der Waals surface area contributed by atoms with Crippen LogP contribution in [0, 0.1) is 5.92 Å². The Morgan fingerprint density at radius 2 is 2.04 bits per heavy atom. The van der Waals surface area contributed by atoms with E-state index in [0.717, 1.165) is 29.4 Å². The quantitative estimate of drug-likeness (QED) is 0.856. The summed E-state index contributed by atoms with van der Waals surface area (Å²) >= 11 is 3.47. The fourth-order valence-electron chi connectivity index (χ4n) is 3.71. The summed E-state index contributed by atoms with van der Waals surface area (Å²) in [5, 5.41) is 3.42. The van der Waals surface area contributed by atoms with Crippen molar-refractivity contribution < 1.29 is 9.53 Å². The van der Waals surface area contributed by atoms with Gasteiger partial charge in [-0.05, 0) is 50.9 Å². The van der Waals surface area contributed by atoms with Crippen LogP contribution in [0.15, 0.2) is 28.7 Å². The molecule has 2 unspecified atom stereocenters. The van der Waals surface area contributed by atoms with Crippen molar-refractivity contribution in [1.29, 1.82) is 0 Å². The first kappa shape index (κ1) is 16.9. The molecule has 2 aliphatic heterocycles. The van der Waals surface area contributed by atoms with E-state index in [0.29, 0.717) is 25.1 Å². The molecule has 4 nitrogen and oxygen atoms in total. The normalized spacial score (nSPS) is 31.9. The van der Waals surface area contributed by atoms with Crippen molar-refractivity contribution in [2.75, 3.05) is 19.7 Å². The lowest BCUT2D eigenvalue weighted by Crippen LogP contribution is -2.52. The first-order valence-corrected chi connectivity index (χ1v) is 9.26. The highest BCUT2D eigenvalue weighted by Gasteiger charge is 2.36. The van der Waals surface area contributed by atoms with Gasteiger partial charge in [-0.3, -0.25) is 4.79 Å². The molecule has 2 aliphatic rings. The standard InChI is InChI=1S/C18H25BrN2O2/c1-12-11-15(7-8-20-12)18(22)21-9-10-23-17(13(21)2)14-3-5-16(19)6-4-14/h3-6,12-13,15,17,20H,7-11H2,1-2H3/t12-,13?,15-,17?/m0/s1. The van der Waals surface area contributed by atoms with Gasteiger partial charge in [0.05, 0.1) is 12.6 Å². The highest BCUT2D eigenvalue weighted by atomic mass is 79.9. The van der Waals surface area contributed by atoms with Gasteiger partial charge < -0.3 is 15.0 Å². The number of ether oxygens (including phenoxy) is 1. The van der Waals surface area contributed by atoms with E-state index in [2.05, 4.69) is 47.2 Å². The molecule has 1 aromatic rings. The summed E-state index contributed by atoms with van der Waals surface area (Å²) in [5.74, 6) is 0.452. The lowest BCUT2D eigenvalue weighted by Gasteiger charge is -2.42. The Morgan fingerprint density at radius 3 is 2.74 bits per heavy atom. The zero-order chi connectivity index (χ0) is 16.4. The van der Waals surface area contributed by atoms with Crippen LogP contribution >= 0.6 is 15.9 Å². The second kappa shape index (κ2) is 7.32. The number of piperidine rings is 1. The number of nitrogens with one attached hydrogen (secondary N) is 1. The number of benzene rings is 1. The summed E-state index contributed by atoms with van der Waals surface area (Å²) < 4.78 is 7.04. The Morgan fingerprint density at radius 1 is 1.30 bits per heavy atom. The Labute approximate surface area is 146 Å². The molecule has 3 rings (SSSR count). The minimum Gasteiger partial charge on any atom is -0.370 e. The zero-order valence-corrected chi connectivity index (χ0v) is 15.4. The van der Waals surface area contributed by atoms with Gasteiger partial charge >= 0.3 is 0 Å². The minimum atomic E-state index is -0.0417. The molecule has 2 heterocycles. The molecule has 2 fully saturated rings. The topological polar surface area (TPSA) is 41.6 Å². The number of morpholine rings is 1. The summed E-state index contributed by atoms with van der Waals surface area (Å²) in [4.78, 5) is 15.0. The highest BCUT2D eigenvalue weighted by molar-refractivity contribution is 9.10. The second-order valence-corrected chi connectivity index (χ2v) is 7.61. The van der Waals surface area contributed by atoms with E-state index < -0.39 is 0 Å². The number of amides is 1. The molecule has 1 amide bonds. The highest BCUT2D eigenvalue weighted by Crippen LogP contribution is 2.31. The van der Waals surface area contributed by atoms with Crippen molar-refractivity contribution in [3.05, 3.63) is 34.3 Å². The van der Waals surface area contributed by atoms with Gasteiger partial charge in [0.1, 0.15) is 6.10 Å². The largest absolute Gasteiger partial charge is 0.370 e. The van der Waals surface area contributed by atoms with E-state index in [4.69, 9.17) is 4.74 Å². The monoisotopic (exact) mass is 380 g/mol. The predicted octanol–water partition coefficient (Wildman–Crippen LogP) is 3.13. The number of carbonyl (C=O) groups is 1. The third-order valence-corrected chi connectivity index (χ3v) is 5.54. The number of nitrogens with zero attached hydrogens (tertiary/aromatic N) is 1. The number of carbonyl (C=O) groups excluding carboxylic acids is 1. The first-order chi connectivity index (χ1) is 11.1. The van der Waals surface area contributed by atoms with Crippen molar-refractivity contribution in [2.45, 2.75) is 44.9 Å². The van der Waals surface area contributed by atoms with Gasteiger partial charge in [0.15, 0.2) is 0 Å². The van der Waals surface area contributed by atoms with Gasteiger partial charge in [0.2, 0.25) is 5.91 Å². The van der Waals surface area contributed by atoms with Crippen LogP contribution in [-0.4, -0.2) is 42.6 Å². The Kier molecular flexibility index (Phi) is 5.39. The summed E-state index contributed by atoms with van der Waals surface area (Å²) in [6, 6.07) is 8.71. The number of hydrogen-bond donors (Lipinski definition) is 1. The number of halogens is 1. The van der Waals surface area contributed by atoms with Crippen LogP contribution in [0.1, 0.15) is 38.4 Å². The van der Waals surface area contributed by atoms with Gasteiger partial charge in [0, 0.05) is 23.0 Å². The van der Waals surface area contributed by atoms with Crippen molar-refractivity contribution in [1.82, 2.24) is 10.2 Å². The predicted molar refractivity (Wildman–Crippen MR) is 94.2 cm³/mol. The minimum absolute atomic E-state index is 0.0417. The smallest absolute Gasteiger partial charge is 0.226 e. The van der Waals surface area contributed by atoms with Gasteiger partial charge in [-0.25, -0.2) is 0 Å². The van der Waals surface area contributed by atoms with Crippen LogP contribution < -0.4 is 5.32 Å². The Bertz CT molecular complexity index is 548. The van der Waals surface area contributed by atoms with Crippen molar-refractivity contribution in [3.63, 3.8) is 0 Å². The van der Waals surface area contributed by atoms with E-state index >= 15 is 0 Å². The molecule has 0 saturated carbocycles. The van der Waals surface area contributed by atoms with Gasteiger partial charge in [0.25, 0.3) is 0 Å². The average Bonchev–Trinajstić information content (AvgIpc) is 2.55. The molecule has 0 radical (unpaired) electrons. The first-order valence-electron chi connectivity index (χ1n) is 8.47. The van der Waals surface area contributed by atoms with Crippen LogP contribution in [0.3, 0.4) is 0 Å². The van der Waals surface area contributed by atoms with Crippen LogP contribution in [0.2, 0.25) is 0 Å². The molecule has 4 atom stereocenters. The molecule has 2 saturated heterocycles. The maximum atomic E-state index is 13.0. The number of hydrogen-bond acceptors (Lipinski definition) is 3. The fourth-order valence-corrected chi connectivity index (χ4v) is 3.98. The molecule has 0 aliphatic carbocycles. The van der Waals surface area contributed by atoms with Gasteiger partial charge in [-0.1, -0.05) is 28.1 Å². The maximum absolute atomic E-state index is 13.0. The van der Waals surface area contributed by atoms with Crippen LogP contribution in [-0.2, 0) is 9.53 Å². The molecular weight excluding hydrogens is 356 g/mol. The van der Waals surface area contributed by atoms with E-state index in [1.165, 1.54) is 0 Å². The van der Waals surface area contributed by atoms with E-state index in [-0.39, 0.29) is 18.1 Å². The lowest BCUT2D eigenvalue weighted by atomic mass is 9.90. The maximum Gasteiger partial charge on any atom is 0.226 e. The van der Waals surface area contributed by atoms with Gasteiger partial charge in [-0.15, -0.1) is 0 Å². The van der Waals surface area contributed by atoms with Crippen LogP contribution in [0.25, 0.3) is 0 Å². The molecular formula is C18H25BrN2O2. The molecule has 0 spiro atoms. The second-order valence-electron chi connectivity index (χ2n) is 6.69. The Balaban J connectivity index is 1.72. The molecule has 1 aromatic carbocycles. The third-order valence-electron chi connectivity index (χ3n) is 5.01. The molecule has 0 aromatic heterocycles. The summed E-state index contributed by atoms with van der Waals surface area (Å²) in [6.45, 7) is 6.51. The zero-order valence-electron chi connectivity index (χ0n) is 13.8. The SMILES string of the molecule is CC1C(c2ccc(Br)cc2)OCCN1C(=O)[C@H]1CCN[C@@H](C)C1. The van der Waals surface area contributed by atoms with Crippen molar-refractivity contribution >= 4 is 21.8 Å². The Hall–Kier alpha value is -0.910. The van der Waals surface area contributed by atoms with Crippen LogP contribution in [0.4, 0.5) is 0 Å². The van der Waals surface area contributed by atoms with E-state index in [1.54, 1.807) is 0 Å². The molecule has 23 heavy (non-hydrogen) atoms. The number of rotatable bonds is 2. The lowest BCUT2D eigenvalue weighted by molar-refractivity contribution is -0.151. The van der Waals surface area contributed by atoms with Crippen LogP contribution in [0.5, 0.6) is 0 Å². The molecule has 1 N–H and O–H groups in total. The summed E-state index contributed by atoms with van der Waals surface area (Å²) in [6.07, 6.45) is 1.84. The van der Waals surface area contributed by atoms with Crippen molar-refractivity contribution in [2.24, 2.45) is 5.92 Å². The van der Waals surface area contributed by atoms with E-state index in [9.17, 15) is 4.79 Å². The van der Waals surface area contributed by atoms with E-state index in [1.807, 2.05) is 17.0 Å². The molecule has 126 valence electrons. The summed E-state index contributed by atoms with van der Waals surface area (Å²) in [5.41, 5.74) is 1.14. The average molecular weight is 381 g/mol. The summed E-state index contributed by atoms with van der Waals surface area (Å²) in [7, 11) is 0. The van der Waals surface area contributed by atoms with Crippen molar-refractivity contribution in [3.8, 4) is 0 Å². The third kappa shape index (κ3) is 3.78. The molecule has 0 bridgehead atoms. The molecule has 5 heteroatoms.